The topological polar surface area (TPSA) is 63.7 Å². The molecule has 0 unspecified atom stereocenters. The molecule has 1 aromatic carbocycles. The van der Waals surface area contributed by atoms with Crippen LogP contribution < -0.4 is 4.74 Å². The van der Waals surface area contributed by atoms with E-state index in [4.69, 9.17) is 4.74 Å². The van der Waals surface area contributed by atoms with Gasteiger partial charge in [0.25, 0.3) is 0 Å². The van der Waals surface area contributed by atoms with E-state index in [1.54, 1.807) is 30.2 Å². The van der Waals surface area contributed by atoms with Crippen LogP contribution in [0, 0.1) is 11.3 Å². The molecule has 0 bridgehead atoms. The zero-order chi connectivity index (χ0) is 13.2. The normalized spacial score (nSPS) is 10.3. The largest absolute Gasteiger partial charge is 0.434 e. The molecular weight excluding hydrogens is 240 g/mol. The summed E-state index contributed by atoms with van der Waals surface area (Å²) in [7, 11) is 1.80. The highest BCUT2D eigenvalue weighted by atomic mass is 16.5. The number of hydrogen-bond acceptors (Lipinski definition) is 4. The zero-order valence-electron chi connectivity index (χ0n) is 10.2. The number of para-hydroxylation sites is 1. The molecule has 5 nitrogen and oxygen atoms in total. The van der Waals surface area contributed by atoms with Gasteiger partial charge in [0.1, 0.15) is 11.6 Å². The Balaban J connectivity index is 2.09. The molecule has 0 saturated heterocycles. The van der Waals surface area contributed by atoms with Crippen LogP contribution in [-0.2, 0) is 7.05 Å². The van der Waals surface area contributed by atoms with Gasteiger partial charge in [0.15, 0.2) is 5.75 Å². The van der Waals surface area contributed by atoms with Crippen LogP contribution in [-0.4, -0.2) is 14.8 Å². The summed E-state index contributed by atoms with van der Waals surface area (Å²) in [5.41, 5.74) is 1.20. The first kappa shape index (κ1) is 11.2. The second-order valence-corrected chi connectivity index (χ2v) is 4.10. The van der Waals surface area contributed by atoms with Crippen molar-refractivity contribution in [2.45, 2.75) is 0 Å². The highest BCUT2D eigenvalue weighted by Gasteiger charge is 2.09. The minimum Gasteiger partial charge on any atom is -0.434 e. The predicted octanol–water partition coefficient (Wildman–Crippen LogP) is 2.63. The van der Waals surface area contributed by atoms with Crippen LogP contribution in [0.1, 0.15) is 5.56 Å². The fourth-order valence-electron chi connectivity index (χ4n) is 1.82. The van der Waals surface area contributed by atoms with Gasteiger partial charge in [-0.15, -0.1) is 0 Å². The molecule has 0 N–H and O–H groups in total. The molecule has 5 heteroatoms. The van der Waals surface area contributed by atoms with E-state index in [-0.39, 0.29) is 0 Å². The molecule has 3 aromatic rings. The standard InChI is InChI=1S/C14H10N4O/c1-18-9-12(8-16-18)19-14-11(7-15)6-10-4-2-3-5-13(10)17-14/h2-6,8-9H,1H3. The maximum absolute atomic E-state index is 9.17. The lowest BCUT2D eigenvalue weighted by atomic mass is 10.1. The zero-order valence-corrected chi connectivity index (χ0v) is 10.2. The Hall–Kier alpha value is -2.87. The van der Waals surface area contributed by atoms with Gasteiger partial charge in [0.2, 0.25) is 5.88 Å². The van der Waals surface area contributed by atoms with E-state index in [9.17, 15) is 5.26 Å². The van der Waals surface area contributed by atoms with E-state index in [2.05, 4.69) is 16.2 Å². The first-order chi connectivity index (χ1) is 9.26. The summed E-state index contributed by atoms with van der Waals surface area (Å²) in [5, 5.41) is 14.1. The van der Waals surface area contributed by atoms with Crippen LogP contribution in [0.5, 0.6) is 11.6 Å². The van der Waals surface area contributed by atoms with E-state index in [0.717, 1.165) is 10.9 Å². The van der Waals surface area contributed by atoms with Gasteiger partial charge in [0.05, 0.1) is 17.9 Å². The van der Waals surface area contributed by atoms with Crippen molar-refractivity contribution in [2.75, 3.05) is 0 Å². The molecule has 19 heavy (non-hydrogen) atoms. The van der Waals surface area contributed by atoms with Gasteiger partial charge >= 0.3 is 0 Å². The summed E-state index contributed by atoms with van der Waals surface area (Å²) in [5.74, 6) is 0.857. The van der Waals surface area contributed by atoms with E-state index in [1.807, 2.05) is 24.3 Å². The third-order valence-electron chi connectivity index (χ3n) is 2.71. The lowest BCUT2D eigenvalue weighted by Crippen LogP contribution is -1.92. The summed E-state index contributed by atoms with van der Waals surface area (Å²) < 4.78 is 7.24. The molecule has 0 aliphatic heterocycles. The minimum absolute atomic E-state index is 0.300. The highest BCUT2D eigenvalue weighted by molar-refractivity contribution is 5.80. The first-order valence-corrected chi connectivity index (χ1v) is 5.72. The molecule has 0 fully saturated rings. The average Bonchev–Trinajstić information content (AvgIpc) is 2.83. The van der Waals surface area contributed by atoms with Crippen LogP contribution in [0.4, 0.5) is 0 Å². The van der Waals surface area contributed by atoms with Gasteiger partial charge in [-0.3, -0.25) is 4.68 Å². The molecule has 0 aliphatic rings. The molecular formula is C14H10N4O. The van der Waals surface area contributed by atoms with E-state index >= 15 is 0 Å². The van der Waals surface area contributed by atoms with E-state index in [0.29, 0.717) is 17.2 Å². The first-order valence-electron chi connectivity index (χ1n) is 5.72. The van der Waals surface area contributed by atoms with Gasteiger partial charge in [-0.1, -0.05) is 18.2 Å². The van der Waals surface area contributed by atoms with Gasteiger partial charge < -0.3 is 4.74 Å². The van der Waals surface area contributed by atoms with E-state index < -0.39 is 0 Å². The van der Waals surface area contributed by atoms with Crippen LogP contribution >= 0.6 is 0 Å². The number of ether oxygens (including phenoxy) is 1. The van der Waals surface area contributed by atoms with Crippen molar-refractivity contribution in [3.05, 3.63) is 48.3 Å². The van der Waals surface area contributed by atoms with Crippen molar-refractivity contribution in [3.63, 3.8) is 0 Å². The molecule has 2 heterocycles. The Morgan fingerprint density at radius 1 is 1.32 bits per heavy atom. The average molecular weight is 250 g/mol. The molecule has 0 spiro atoms. The van der Waals surface area contributed by atoms with Crippen LogP contribution in [0.15, 0.2) is 42.7 Å². The van der Waals surface area contributed by atoms with Crippen molar-refractivity contribution < 1.29 is 4.74 Å². The Bertz CT molecular complexity index is 785. The number of nitrogens with zero attached hydrogens (tertiary/aromatic N) is 4. The van der Waals surface area contributed by atoms with Crippen LogP contribution in [0.25, 0.3) is 10.9 Å². The third kappa shape index (κ3) is 2.11. The number of aryl methyl sites for hydroxylation is 1. The summed E-state index contributed by atoms with van der Waals surface area (Å²) in [6.45, 7) is 0. The maximum Gasteiger partial charge on any atom is 0.238 e. The van der Waals surface area contributed by atoms with Crippen molar-refractivity contribution in [1.82, 2.24) is 14.8 Å². The predicted molar refractivity (Wildman–Crippen MR) is 69.7 cm³/mol. The SMILES string of the molecule is Cn1cc(Oc2nc3ccccc3cc2C#N)cn1. The van der Waals surface area contributed by atoms with Crippen molar-refractivity contribution >= 4 is 10.9 Å². The Labute approximate surface area is 109 Å². The Kier molecular flexibility index (Phi) is 2.62. The summed E-state index contributed by atoms with van der Waals surface area (Å²) in [4.78, 5) is 4.37. The van der Waals surface area contributed by atoms with Crippen LogP contribution in [0.2, 0.25) is 0 Å². The van der Waals surface area contributed by atoms with Gasteiger partial charge in [-0.2, -0.15) is 10.4 Å². The van der Waals surface area contributed by atoms with Crippen molar-refractivity contribution in [3.8, 4) is 17.7 Å². The summed E-state index contributed by atoms with van der Waals surface area (Å²) in [6.07, 6.45) is 3.30. The number of pyridine rings is 1. The molecule has 0 amide bonds. The fourth-order valence-corrected chi connectivity index (χ4v) is 1.82. The molecule has 0 aliphatic carbocycles. The van der Waals surface area contributed by atoms with Gasteiger partial charge in [0, 0.05) is 12.4 Å². The van der Waals surface area contributed by atoms with E-state index in [1.165, 1.54) is 0 Å². The molecule has 0 radical (unpaired) electrons. The number of nitriles is 1. The molecule has 0 atom stereocenters. The lowest BCUT2D eigenvalue weighted by molar-refractivity contribution is 0.463. The quantitative estimate of drug-likeness (QED) is 0.701. The molecule has 2 aromatic heterocycles. The van der Waals surface area contributed by atoms with Crippen molar-refractivity contribution in [1.29, 1.82) is 5.26 Å². The fraction of sp³-hybridized carbons (Fsp3) is 0.0714. The summed E-state index contributed by atoms with van der Waals surface area (Å²) >= 11 is 0. The number of fused-ring (bicyclic) bond motifs is 1. The van der Waals surface area contributed by atoms with Crippen LogP contribution in [0.3, 0.4) is 0 Å². The number of aromatic nitrogens is 3. The van der Waals surface area contributed by atoms with Gasteiger partial charge in [-0.05, 0) is 12.1 Å². The van der Waals surface area contributed by atoms with Gasteiger partial charge in [-0.25, -0.2) is 4.98 Å². The summed E-state index contributed by atoms with van der Waals surface area (Å²) in [6, 6.07) is 11.5. The Morgan fingerprint density at radius 2 is 2.16 bits per heavy atom. The molecule has 0 saturated carbocycles. The second-order valence-electron chi connectivity index (χ2n) is 4.10. The smallest absolute Gasteiger partial charge is 0.238 e. The molecule has 3 rings (SSSR count). The third-order valence-corrected chi connectivity index (χ3v) is 2.71. The number of rotatable bonds is 2. The monoisotopic (exact) mass is 250 g/mol. The minimum atomic E-state index is 0.300. The van der Waals surface area contributed by atoms with Crippen molar-refractivity contribution in [2.24, 2.45) is 7.05 Å². The number of hydrogen-bond donors (Lipinski definition) is 0. The maximum atomic E-state index is 9.17. The second kappa shape index (κ2) is 4.42. The lowest BCUT2D eigenvalue weighted by Gasteiger charge is -2.05. The Morgan fingerprint density at radius 3 is 2.89 bits per heavy atom. The highest BCUT2D eigenvalue weighted by Crippen LogP contribution is 2.25. The molecule has 92 valence electrons. The number of benzene rings is 1.